The van der Waals surface area contributed by atoms with E-state index in [1.807, 2.05) is 36.4 Å². The number of rotatable bonds is 6. The summed E-state index contributed by atoms with van der Waals surface area (Å²) >= 11 is 1.22. The predicted octanol–water partition coefficient (Wildman–Crippen LogP) is 4.63. The van der Waals surface area contributed by atoms with Gasteiger partial charge in [-0.2, -0.15) is 18.4 Å². The van der Waals surface area contributed by atoms with Crippen LogP contribution in [-0.4, -0.2) is 28.8 Å². The summed E-state index contributed by atoms with van der Waals surface area (Å²) in [6, 6.07) is 17.2. The van der Waals surface area contributed by atoms with Crippen molar-refractivity contribution in [2.75, 3.05) is 6.54 Å². The predicted molar refractivity (Wildman–Crippen MR) is 94.4 cm³/mol. The van der Waals surface area contributed by atoms with Crippen LogP contribution in [-0.2, 0) is 11.3 Å². The van der Waals surface area contributed by atoms with Gasteiger partial charge in [0.05, 0.1) is 16.9 Å². The van der Waals surface area contributed by atoms with Gasteiger partial charge in [-0.05, 0) is 36.8 Å². The van der Waals surface area contributed by atoms with E-state index in [4.69, 9.17) is 5.26 Å². The maximum absolute atomic E-state index is 12.9. The van der Waals surface area contributed by atoms with Gasteiger partial charge in [0.1, 0.15) is 6.54 Å². The van der Waals surface area contributed by atoms with Gasteiger partial charge in [0.15, 0.2) is 0 Å². The number of carbonyl (C=O) groups excluding carboxylic acids is 1. The molecule has 0 aromatic heterocycles. The molecule has 0 saturated carbocycles. The molecule has 7 heteroatoms. The highest BCUT2D eigenvalue weighted by Crippen LogP contribution is 2.26. The van der Waals surface area contributed by atoms with Crippen LogP contribution in [0.3, 0.4) is 0 Å². The average Bonchev–Trinajstić information content (AvgIpc) is 2.61. The normalized spacial score (nSPS) is 12.3. The lowest BCUT2D eigenvalue weighted by Gasteiger charge is -2.26. The Hall–Kier alpha value is -2.46. The van der Waals surface area contributed by atoms with Crippen LogP contribution >= 0.6 is 11.8 Å². The molecule has 0 saturated heterocycles. The fourth-order valence-corrected chi connectivity index (χ4v) is 3.32. The Morgan fingerprint density at radius 1 is 1.15 bits per heavy atom. The number of nitriles is 1. The number of thioether (sulfide) groups is 1. The molecule has 0 fully saturated rings. The zero-order chi connectivity index (χ0) is 19.2. The van der Waals surface area contributed by atoms with Crippen LogP contribution in [0.1, 0.15) is 18.1 Å². The number of benzene rings is 2. The van der Waals surface area contributed by atoms with Gasteiger partial charge in [0.2, 0.25) is 5.91 Å². The molecular formula is C19H17F3N2OS. The van der Waals surface area contributed by atoms with E-state index in [9.17, 15) is 18.0 Å². The number of hydrogen-bond acceptors (Lipinski definition) is 3. The summed E-state index contributed by atoms with van der Waals surface area (Å²) in [7, 11) is 0. The number of alkyl halides is 3. The minimum atomic E-state index is -4.49. The Kier molecular flexibility index (Phi) is 6.70. The van der Waals surface area contributed by atoms with Crippen LogP contribution in [0, 0.1) is 11.3 Å². The van der Waals surface area contributed by atoms with E-state index in [-0.39, 0.29) is 6.54 Å². The third-order valence-corrected chi connectivity index (χ3v) is 4.64. The first kappa shape index (κ1) is 19.9. The zero-order valence-corrected chi connectivity index (χ0v) is 14.8. The molecule has 1 amide bonds. The first-order chi connectivity index (χ1) is 12.3. The summed E-state index contributed by atoms with van der Waals surface area (Å²) in [4.78, 5) is 14.2. The van der Waals surface area contributed by atoms with E-state index >= 15 is 0 Å². The van der Waals surface area contributed by atoms with Gasteiger partial charge in [-0.25, -0.2) is 0 Å². The second kappa shape index (κ2) is 8.77. The fraction of sp³-hybridized carbons (Fsp3) is 0.263. The van der Waals surface area contributed by atoms with Gasteiger partial charge >= 0.3 is 6.18 Å². The number of carbonyl (C=O) groups is 1. The van der Waals surface area contributed by atoms with E-state index < -0.39 is 23.9 Å². The number of halogens is 3. The quantitative estimate of drug-likeness (QED) is 0.689. The maximum Gasteiger partial charge on any atom is 0.406 e. The van der Waals surface area contributed by atoms with Crippen molar-refractivity contribution in [3.63, 3.8) is 0 Å². The number of nitrogens with zero attached hydrogens (tertiary/aromatic N) is 2. The summed E-state index contributed by atoms with van der Waals surface area (Å²) in [5.41, 5.74) is 0.953. The third kappa shape index (κ3) is 6.12. The third-order valence-electron chi connectivity index (χ3n) is 3.54. The summed E-state index contributed by atoms with van der Waals surface area (Å²) in [6.07, 6.45) is -4.49. The topological polar surface area (TPSA) is 44.1 Å². The summed E-state index contributed by atoms with van der Waals surface area (Å²) in [5.74, 6) is -0.583. The summed E-state index contributed by atoms with van der Waals surface area (Å²) in [5, 5.41) is 8.14. The molecule has 1 atom stereocenters. The van der Waals surface area contributed by atoms with Crippen molar-refractivity contribution in [3.8, 4) is 6.07 Å². The lowest BCUT2D eigenvalue weighted by Crippen LogP contribution is -2.42. The molecule has 2 aromatic carbocycles. The standard InChI is InChI=1S/C19H17F3N2OS/c1-14(26-17-5-3-2-4-6-17)18(25)24(13-19(20,21)22)12-16-9-7-15(11-23)8-10-16/h2-10,14H,12-13H2,1H3. The maximum atomic E-state index is 12.9. The summed E-state index contributed by atoms with van der Waals surface area (Å²) < 4.78 is 38.8. The highest BCUT2D eigenvalue weighted by molar-refractivity contribution is 8.00. The van der Waals surface area contributed by atoms with Crippen LogP contribution in [0.5, 0.6) is 0 Å². The van der Waals surface area contributed by atoms with Gasteiger partial charge in [-0.1, -0.05) is 30.3 Å². The van der Waals surface area contributed by atoms with Crippen LogP contribution in [0.2, 0.25) is 0 Å². The second-order valence-corrected chi connectivity index (χ2v) is 7.11. The molecule has 0 aliphatic heterocycles. The van der Waals surface area contributed by atoms with Crippen molar-refractivity contribution < 1.29 is 18.0 Å². The molecule has 0 bridgehead atoms. The Morgan fingerprint density at radius 3 is 2.31 bits per heavy atom. The van der Waals surface area contributed by atoms with E-state index in [0.29, 0.717) is 11.1 Å². The molecule has 3 nitrogen and oxygen atoms in total. The highest BCUT2D eigenvalue weighted by atomic mass is 32.2. The van der Waals surface area contributed by atoms with Crippen molar-refractivity contribution >= 4 is 17.7 Å². The van der Waals surface area contributed by atoms with E-state index in [1.54, 1.807) is 19.1 Å². The van der Waals surface area contributed by atoms with Crippen molar-refractivity contribution in [2.24, 2.45) is 0 Å². The summed E-state index contributed by atoms with van der Waals surface area (Å²) in [6.45, 7) is 0.122. The molecule has 136 valence electrons. The molecule has 0 aliphatic carbocycles. The Bertz CT molecular complexity index is 770. The van der Waals surface area contributed by atoms with Crippen molar-refractivity contribution in [1.82, 2.24) is 4.90 Å². The number of hydrogen-bond donors (Lipinski definition) is 0. The molecule has 2 rings (SSSR count). The SMILES string of the molecule is CC(Sc1ccccc1)C(=O)N(Cc1ccc(C#N)cc1)CC(F)(F)F. The molecule has 0 spiro atoms. The molecular weight excluding hydrogens is 361 g/mol. The highest BCUT2D eigenvalue weighted by Gasteiger charge is 2.34. The molecule has 26 heavy (non-hydrogen) atoms. The molecule has 0 N–H and O–H groups in total. The van der Waals surface area contributed by atoms with Gasteiger partial charge < -0.3 is 4.90 Å². The molecule has 0 radical (unpaired) electrons. The largest absolute Gasteiger partial charge is 0.406 e. The first-order valence-electron chi connectivity index (χ1n) is 7.85. The fourth-order valence-electron chi connectivity index (χ4n) is 2.34. The second-order valence-electron chi connectivity index (χ2n) is 5.69. The first-order valence-corrected chi connectivity index (χ1v) is 8.73. The number of amides is 1. The van der Waals surface area contributed by atoms with E-state index in [1.165, 1.54) is 23.9 Å². The molecule has 2 aromatic rings. The van der Waals surface area contributed by atoms with E-state index in [0.717, 1.165) is 9.80 Å². The Balaban J connectivity index is 2.14. The molecule has 1 unspecified atom stereocenters. The minimum Gasteiger partial charge on any atom is -0.328 e. The van der Waals surface area contributed by atoms with Gasteiger partial charge in [-0.15, -0.1) is 11.8 Å². The van der Waals surface area contributed by atoms with Crippen LogP contribution in [0.25, 0.3) is 0 Å². The van der Waals surface area contributed by atoms with Crippen molar-refractivity contribution in [1.29, 1.82) is 5.26 Å². The Morgan fingerprint density at radius 2 is 1.77 bits per heavy atom. The minimum absolute atomic E-state index is 0.163. The molecule has 0 heterocycles. The lowest BCUT2D eigenvalue weighted by molar-refractivity contribution is -0.161. The lowest BCUT2D eigenvalue weighted by atomic mass is 10.1. The van der Waals surface area contributed by atoms with Gasteiger partial charge in [-0.3, -0.25) is 4.79 Å². The molecule has 0 aliphatic rings. The van der Waals surface area contributed by atoms with Crippen molar-refractivity contribution in [2.45, 2.75) is 29.8 Å². The van der Waals surface area contributed by atoms with Crippen LogP contribution < -0.4 is 0 Å². The van der Waals surface area contributed by atoms with E-state index in [2.05, 4.69) is 0 Å². The van der Waals surface area contributed by atoms with Crippen molar-refractivity contribution in [3.05, 3.63) is 65.7 Å². The monoisotopic (exact) mass is 378 g/mol. The van der Waals surface area contributed by atoms with Gasteiger partial charge in [0.25, 0.3) is 0 Å². The zero-order valence-electron chi connectivity index (χ0n) is 14.0. The van der Waals surface area contributed by atoms with Gasteiger partial charge in [0, 0.05) is 11.4 Å². The van der Waals surface area contributed by atoms with Crippen LogP contribution in [0.15, 0.2) is 59.5 Å². The average molecular weight is 378 g/mol. The van der Waals surface area contributed by atoms with Crippen LogP contribution in [0.4, 0.5) is 13.2 Å². The smallest absolute Gasteiger partial charge is 0.328 e. The Labute approximate surface area is 154 Å².